The molecule has 0 fully saturated rings. The summed E-state index contributed by atoms with van der Waals surface area (Å²) in [4.78, 5) is 0. The van der Waals surface area contributed by atoms with E-state index in [9.17, 15) is 0 Å². The predicted molar refractivity (Wildman–Crippen MR) is 68.6 cm³/mol. The van der Waals surface area contributed by atoms with E-state index in [1.807, 2.05) is 25.2 Å². The maximum atomic E-state index is 6.08. The second-order valence-corrected chi connectivity index (χ2v) is 4.25. The lowest BCUT2D eigenvalue weighted by molar-refractivity contribution is 0.174. The zero-order valence-electron chi connectivity index (χ0n) is 10.4. The van der Waals surface area contributed by atoms with Gasteiger partial charge in [-0.2, -0.15) is 5.10 Å². The van der Waals surface area contributed by atoms with Crippen molar-refractivity contribution in [3.63, 3.8) is 0 Å². The first kappa shape index (κ1) is 11.0. The molecule has 0 aliphatic carbocycles. The second kappa shape index (κ2) is 3.94. The van der Waals surface area contributed by atoms with Crippen LogP contribution in [0, 0.1) is 0 Å². The molecule has 94 valence electrons. The molecule has 3 rings (SSSR count). The number of aromatic nitrogens is 2. The number of anilines is 1. The summed E-state index contributed by atoms with van der Waals surface area (Å²) in [6.07, 6.45) is 0.842. The van der Waals surface area contributed by atoms with Gasteiger partial charge in [0.25, 0.3) is 0 Å². The number of benzene rings is 1. The van der Waals surface area contributed by atoms with Crippen LogP contribution in [0.5, 0.6) is 11.5 Å². The molecule has 1 aliphatic heterocycles. The highest BCUT2D eigenvalue weighted by molar-refractivity contribution is 5.78. The predicted octanol–water partition coefficient (Wildman–Crippen LogP) is 1.96. The van der Waals surface area contributed by atoms with Gasteiger partial charge in [0, 0.05) is 12.6 Å². The molecule has 0 unspecified atom stereocenters. The standard InChI is InChI=1S/C13H15N3O2/c1-3-9-12(13(14)16(2)15-9)8-4-5-10-11(6-8)18-7-17-10/h4-6H,3,7,14H2,1-2H3. The summed E-state index contributed by atoms with van der Waals surface area (Å²) in [5.74, 6) is 2.21. The molecule has 1 aromatic heterocycles. The monoisotopic (exact) mass is 245 g/mol. The normalized spacial score (nSPS) is 13.0. The molecule has 0 amide bonds. The summed E-state index contributed by atoms with van der Waals surface area (Å²) in [5, 5.41) is 4.42. The van der Waals surface area contributed by atoms with E-state index in [1.165, 1.54) is 0 Å². The first-order valence-corrected chi connectivity index (χ1v) is 5.92. The van der Waals surface area contributed by atoms with Crippen LogP contribution in [0.25, 0.3) is 11.1 Å². The van der Waals surface area contributed by atoms with Crippen molar-refractivity contribution in [3.8, 4) is 22.6 Å². The second-order valence-electron chi connectivity index (χ2n) is 4.25. The van der Waals surface area contributed by atoms with Gasteiger partial charge in [0.05, 0.1) is 5.69 Å². The molecular formula is C13H15N3O2. The van der Waals surface area contributed by atoms with Crippen molar-refractivity contribution in [2.75, 3.05) is 12.5 Å². The molecule has 2 N–H and O–H groups in total. The summed E-state index contributed by atoms with van der Waals surface area (Å²) >= 11 is 0. The fourth-order valence-electron chi connectivity index (χ4n) is 2.21. The Balaban J connectivity index is 2.15. The molecule has 0 saturated carbocycles. The van der Waals surface area contributed by atoms with Crippen molar-refractivity contribution in [2.24, 2.45) is 7.05 Å². The van der Waals surface area contributed by atoms with E-state index < -0.39 is 0 Å². The summed E-state index contributed by atoms with van der Waals surface area (Å²) in [6.45, 7) is 2.35. The maximum absolute atomic E-state index is 6.08. The third kappa shape index (κ3) is 1.51. The first-order chi connectivity index (χ1) is 8.70. The van der Waals surface area contributed by atoms with E-state index in [0.29, 0.717) is 5.82 Å². The van der Waals surface area contributed by atoms with Gasteiger partial charge in [-0.1, -0.05) is 13.0 Å². The smallest absolute Gasteiger partial charge is 0.231 e. The Morgan fingerprint density at radius 1 is 1.33 bits per heavy atom. The van der Waals surface area contributed by atoms with Gasteiger partial charge in [-0.15, -0.1) is 0 Å². The maximum Gasteiger partial charge on any atom is 0.231 e. The molecule has 2 heterocycles. The lowest BCUT2D eigenvalue weighted by atomic mass is 10.0. The van der Waals surface area contributed by atoms with Crippen LogP contribution < -0.4 is 15.2 Å². The van der Waals surface area contributed by atoms with Crippen LogP contribution in [-0.4, -0.2) is 16.6 Å². The van der Waals surface area contributed by atoms with Gasteiger partial charge in [0.2, 0.25) is 6.79 Å². The van der Waals surface area contributed by atoms with Crippen molar-refractivity contribution < 1.29 is 9.47 Å². The van der Waals surface area contributed by atoms with E-state index in [0.717, 1.165) is 34.7 Å². The van der Waals surface area contributed by atoms with Crippen molar-refractivity contribution >= 4 is 5.82 Å². The van der Waals surface area contributed by atoms with Gasteiger partial charge in [-0.3, -0.25) is 4.68 Å². The van der Waals surface area contributed by atoms with E-state index in [1.54, 1.807) is 4.68 Å². The minimum Gasteiger partial charge on any atom is -0.454 e. The van der Waals surface area contributed by atoms with Gasteiger partial charge in [-0.05, 0) is 24.1 Å². The average Bonchev–Trinajstić information content (AvgIpc) is 2.94. The molecule has 0 spiro atoms. The zero-order valence-corrected chi connectivity index (χ0v) is 10.4. The Hall–Kier alpha value is -2.17. The minimum atomic E-state index is 0.280. The Labute approximate surface area is 105 Å². The van der Waals surface area contributed by atoms with Crippen LogP contribution >= 0.6 is 0 Å². The number of aryl methyl sites for hydroxylation is 2. The fraction of sp³-hybridized carbons (Fsp3) is 0.308. The molecule has 5 heteroatoms. The molecule has 0 radical (unpaired) electrons. The lowest BCUT2D eigenvalue weighted by Gasteiger charge is -2.04. The van der Waals surface area contributed by atoms with Gasteiger partial charge >= 0.3 is 0 Å². The summed E-state index contributed by atoms with van der Waals surface area (Å²) in [6, 6.07) is 5.85. The molecule has 5 nitrogen and oxygen atoms in total. The number of nitrogen functional groups attached to an aromatic ring is 1. The Morgan fingerprint density at radius 3 is 2.89 bits per heavy atom. The van der Waals surface area contributed by atoms with E-state index in [4.69, 9.17) is 15.2 Å². The van der Waals surface area contributed by atoms with Gasteiger partial charge in [-0.25, -0.2) is 0 Å². The molecule has 0 atom stereocenters. The van der Waals surface area contributed by atoms with Crippen LogP contribution in [0.3, 0.4) is 0 Å². The highest BCUT2D eigenvalue weighted by atomic mass is 16.7. The fourth-order valence-corrected chi connectivity index (χ4v) is 2.21. The first-order valence-electron chi connectivity index (χ1n) is 5.92. The van der Waals surface area contributed by atoms with Crippen LogP contribution in [-0.2, 0) is 13.5 Å². The van der Waals surface area contributed by atoms with Crippen molar-refractivity contribution in [3.05, 3.63) is 23.9 Å². The Kier molecular flexibility index (Phi) is 2.40. The number of hydrogen-bond acceptors (Lipinski definition) is 4. The summed E-state index contributed by atoms with van der Waals surface area (Å²) in [7, 11) is 1.85. The van der Waals surface area contributed by atoms with Crippen LogP contribution in [0.15, 0.2) is 18.2 Å². The number of nitrogens with two attached hydrogens (primary N) is 1. The molecule has 0 saturated heterocycles. The van der Waals surface area contributed by atoms with E-state index in [2.05, 4.69) is 12.0 Å². The van der Waals surface area contributed by atoms with Crippen molar-refractivity contribution in [2.45, 2.75) is 13.3 Å². The highest BCUT2D eigenvalue weighted by Crippen LogP contribution is 2.38. The molecule has 2 aromatic rings. The summed E-state index contributed by atoms with van der Waals surface area (Å²) in [5.41, 5.74) is 9.08. The number of fused-ring (bicyclic) bond motifs is 1. The van der Waals surface area contributed by atoms with E-state index in [-0.39, 0.29) is 6.79 Å². The zero-order chi connectivity index (χ0) is 12.7. The van der Waals surface area contributed by atoms with E-state index >= 15 is 0 Å². The number of nitrogens with zero attached hydrogens (tertiary/aromatic N) is 2. The molecule has 1 aliphatic rings. The Morgan fingerprint density at radius 2 is 2.11 bits per heavy atom. The van der Waals surface area contributed by atoms with Crippen LogP contribution in [0.4, 0.5) is 5.82 Å². The quantitative estimate of drug-likeness (QED) is 0.878. The number of rotatable bonds is 2. The average molecular weight is 245 g/mol. The molecule has 1 aromatic carbocycles. The van der Waals surface area contributed by atoms with Crippen LogP contribution in [0.1, 0.15) is 12.6 Å². The minimum absolute atomic E-state index is 0.280. The molecule has 18 heavy (non-hydrogen) atoms. The summed E-state index contributed by atoms with van der Waals surface area (Å²) < 4.78 is 12.4. The van der Waals surface area contributed by atoms with Gasteiger partial charge in [0.15, 0.2) is 11.5 Å². The topological polar surface area (TPSA) is 62.3 Å². The lowest BCUT2D eigenvalue weighted by Crippen LogP contribution is -1.98. The molecular weight excluding hydrogens is 230 g/mol. The number of ether oxygens (including phenoxy) is 2. The van der Waals surface area contributed by atoms with Crippen molar-refractivity contribution in [1.29, 1.82) is 0 Å². The van der Waals surface area contributed by atoms with Crippen LogP contribution in [0.2, 0.25) is 0 Å². The Bertz CT molecular complexity index is 605. The number of hydrogen-bond donors (Lipinski definition) is 1. The third-order valence-corrected chi connectivity index (χ3v) is 3.16. The van der Waals surface area contributed by atoms with Crippen molar-refractivity contribution in [1.82, 2.24) is 9.78 Å². The van der Waals surface area contributed by atoms with Gasteiger partial charge in [0.1, 0.15) is 5.82 Å². The third-order valence-electron chi connectivity index (χ3n) is 3.16. The molecule has 0 bridgehead atoms. The SMILES string of the molecule is CCc1nn(C)c(N)c1-c1ccc2c(c1)OCO2. The highest BCUT2D eigenvalue weighted by Gasteiger charge is 2.18. The van der Waals surface area contributed by atoms with Gasteiger partial charge < -0.3 is 15.2 Å². The largest absolute Gasteiger partial charge is 0.454 e.